The predicted octanol–water partition coefficient (Wildman–Crippen LogP) is 5.73. The van der Waals surface area contributed by atoms with Crippen LogP contribution in [0.3, 0.4) is 0 Å². The van der Waals surface area contributed by atoms with Gasteiger partial charge in [-0.05, 0) is 64.2 Å². The summed E-state index contributed by atoms with van der Waals surface area (Å²) in [5, 5.41) is 0. The van der Waals surface area contributed by atoms with E-state index in [1.807, 2.05) is 32.9 Å². The zero-order chi connectivity index (χ0) is 23.3. The Labute approximate surface area is 190 Å². The van der Waals surface area contributed by atoms with Gasteiger partial charge in [-0.3, -0.25) is 9.59 Å². The molecule has 3 atom stereocenters. The number of hydrogen-bond donors (Lipinski definition) is 0. The Morgan fingerprint density at radius 3 is 2.52 bits per heavy atom. The normalized spacial score (nSPS) is 26.8. The number of ether oxygens (including phenoxy) is 1. The summed E-state index contributed by atoms with van der Waals surface area (Å²) in [7, 11) is -1.39. The smallest absolute Gasteiger partial charge is 0.311 e. The van der Waals surface area contributed by atoms with Gasteiger partial charge in [-0.15, -0.1) is 5.54 Å². The van der Waals surface area contributed by atoms with E-state index in [4.69, 9.17) is 4.74 Å². The first kappa shape index (κ1) is 25.2. The van der Waals surface area contributed by atoms with E-state index in [-0.39, 0.29) is 23.6 Å². The minimum Gasteiger partial charge on any atom is -0.465 e. The van der Waals surface area contributed by atoms with Crippen molar-refractivity contribution in [2.75, 3.05) is 6.61 Å². The van der Waals surface area contributed by atoms with Crippen LogP contribution in [0.15, 0.2) is 24.3 Å². The van der Waals surface area contributed by atoms with Crippen molar-refractivity contribution in [2.45, 2.75) is 78.9 Å². The summed E-state index contributed by atoms with van der Waals surface area (Å²) in [5.74, 6) is 9.79. The van der Waals surface area contributed by atoms with Crippen LogP contribution < -0.4 is 0 Å². The Bertz CT molecular complexity index is 861. The van der Waals surface area contributed by atoms with Gasteiger partial charge in [-0.1, -0.05) is 50.4 Å². The van der Waals surface area contributed by atoms with Gasteiger partial charge in [0.2, 0.25) is 0 Å². The highest BCUT2D eigenvalue weighted by Crippen LogP contribution is 2.55. The number of carbonyl (C=O) groups excluding carboxylic acids is 2. The standard InChI is InChI=1S/C27H38O3Si/c1-21-24(28)17-13-18-27(21)22(14-10-8-9-11-19-31(5,6)7)15-12-16-23(27)20-30-25(29)26(2,3)4/h8-9,22-23H,1,12-13,15-18,20H2,2-7H3/b9-8-/t22-,23-,27+/m1/s1. The summed E-state index contributed by atoms with van der Waals surface area (Å²) in [6.07, 6.45) is 8.81. The Morgan fingerprint density at radius 2 is 1.87 bits per heavy atom. The van der Waals surface area contributed by atoms with E-state index in [1.165, 1.54) is 0 Å². The van der Waals surface area contributed by atoms with Gasteiger partial charge in [-0.25, -0.2) is 0 Å². The first-order valence-corrected chi connectivity index (χ1v) is 15.0. The van der Waals surface area contributed by atoms with Gasteiger partial charge >= 0.3 is 5.97 Å². The Morgan fingerprint density at radius 1 is 1.19 bits per heavy atom. The number of hydrogen-bond acceptors (Lipinski definition) is 3. The molecule has 2 aliphatic carbocycles. The lowest BCUT2D eigenvalue weighted by molar-refractivity contribution is -0.157. The van der Waals surface area contributed by atoms with Crippen LogP contribution in [0.25, 0.3) is 0 Å². The molecule has 0 unspecified atom stereocenters. The third kappa shape index (κ3) is 6.47. The van der Waals surface area contributed by atoms with E-state index < -0.39 is 18.9 Å². The molecular formula is C27H38O3Si. The second-order valence-electron chi connectivity index (χ2n) is 11.0. The summed E-state index contributed by atoms with van der Waals surface area (Å²) in [5.41, 5.74) is 3.06. The zero-order valence-electron chi connectivity index (χ0n) is 20.2. The fourth-order valence-corrected chi connectivity index (χ4v) is 5.14. The van der Waals surface area contributed by atoms with Crippen molar-refractivity contribution >= 4 is 19.8 Å². The topological polar surface area (TPSA) is 43.4 Å². The van der Waals surface area contributed by atoms with Crippen LogP contribution in [0.1, 0.15) is 59.3 Å². The lowest BCUT2D eigenvalue weighted by Crippen LogP contribution is -2.48. The van der Waals surface area contributed by atoms with E-state index in [0.717, 1.165) is 32.1 Å². The van der Waals surface area contributed by atoms with Crippen LogP contribution in [0.4, 0.5) is 0 Å². The average Bonchev–Trinajstić information content (AvgIpc) is 2.66. The lowest BCUT2D eigenvalue weighted by Gasteiger charge is -2.50. The van der Waals surface area contributed by atoms with E-state index >= 15 is 0 Å². The second-order valence-corrected chi connectivity index (χ2v) is 15.7. The zero-order valence-corrected chi connectivity index (χ0v) is 21.2. The molecule has 2 aliphatic rings. The molecule has 0 saturated heterocycles. The SMILES string of the molecule is C=C1C(=O)CCC[C@]12[C@@H](COC(=O)C(C)(C)C)CCC[C@H]2C#C/C=C\C#C[Si](C)(C)C. The van der Waals surface area contributed by atoms with Crippen molar-refractivity contribution in [1.82, 2.24) is 0 Å². The molecule has 2 fully saturated rings. The highest BCUT2D eigenvalue weighted by atomic mass is 28.3. The van der Waals surface area contributed by atoms with E-state index in [1.54, 1.807) is 0 Å². The van der Waals surface area contributed by atoms with Crippen LogP contribution in [-0.2, 0) is 14.3 Å². The monoisotopic (exact) mass is 438 g/mol. The lowest BCUT2D eigenvalue weighted by atomic mass is 9.52. The largest absolute Gasteiger partial charge is 0.465 e. The molecule has 0 aromatic heterocycles. The Balaban J connectivity index is 2.28. The number of rotatable bonds is 2. The molecular weight excluding hydrogens is 400 g/mol. The molecule has 0 aromatic carbocycles. The molecule has 1 spiro atoms. The van der Waals surface area contributed by atoms with Gasteiger partial charge in [0.1, 0.15) is 8.07 Å². The van der Waals surface area contributed by atoms with Crippen LogP contribution in [0.5, 0.6) is 0 Å². The van der Waals surface area contributed by atoms with Crippen LogP contribution in [0, 0.1) is 46.0 Å². The van der Waals surface area contributed by atoms with Gasteiger partial charge < -0.3 is 4.74 Å². The van der Waals surface area contributed by atoms with Gasteiger partial charge in [0.05, 0.1) is 12.0 Å². The van der Waals surface area contributed by atoms with Gasteiger partial charge in [0.25, 0.3) is 0 Å². The maximum absolute atomic E-state index is 12.7. The van der Waals surface area contributed by atoms with Crippen molar-refractivity contribution in [2.24, 2.45) is 22.7 Å². The van der Waals surface area contributed by atoms with E-state index in [9.17, 15) is 9.59 Å². The highest BCUT2D eigenvalue weighted by molar-refractivity contribution is 6.83. The maximum Gasteiger partial charge on any atom is 0.311 e. The summed E-state index contributed by atoms with van der Waals surface area (Å²) < 4.78 is 5.73. The number of esters is 1. The first-order chi connectivity index (χ1) is 14.4. The molecule has 0 aromatic rings. The average molecular weight is 439 g/mol. The van der Waals surface area contributed by atoms with Crippen LogP contribution in [0.2, 0.25) is 19.6 Å². The van der Waals surface area contributed by atoms with Crippen LogP contribution in [-0.4, -0.2) is 26.4 Å². The fourth-order valence-electron chi connectivity index (χ4n) is 4.62. The van der Waals surface area contributed by atoms with Crippen LogP contribution >= 0.6 is 0 Å². The minimum absolute atomic E-state index is 0.0472. The molecule has 4 heteroatoms. The molecule has 0 radical (unpaired) electrons. The van der Waals surface area contributed by atoms with Crippen molar-refractivity contribution in [3.63, 3.8) is 0 Å². The van der Waals surface area contributed by atoms with E-state index in [0.29, 0.717) is 18.6 Å². The highest BCUT2D eigenvalue weighted by Gasteiger charge is 2.52. The van der Waals surface area contributed by atoms with Gasteiger partial charge in [0.15, 0.2) is 5.78 Å². The molecule has 0 N–H and O–H groups in total. The van der Waals surface area contributed by atoms with Gasteiger partial charge in [0, 0.05) is 23.7 Å². The van der Waals surface area contributed by atoms with Gasteiger partial charge in [-0.2, -0.15) is 0 Å². The number of Topliss-reactive ketones (excluding diaryl/α,β-unsaturated/α-hetero) is 1. The summed E-state index contributed by atoms with van der Waals surface area (Å²) in [4.78, 5) is 25.1. The molecule has 2 rings (SSSR count). The first-order valence-electron chi connectivity index (χ1n) is 11.5. The number of allylic oxidation sites excluding steroid dienone is 3. The molecule has 0 aliphatic heterocycles. The molecule has 0 bridgehead atoms. The molecule has 0 heterocycles. The summed E-state index contributed by atoms with van der Waals surface area (Å²) >= 11 is 0. The molecule has 168 valence electrons. The molecule has 0 amide bonds. The second kappa shape index (κ2) is 10.1. The number of carbonyl (C=O) groups is 2. The van der Waals surface area contributed by atoms with Crippen molar-refractivity contribution in [1.29, 1.82) is 0 Å². The number of ketones is 1. The summed E-state index contributed by atoms with van der Waals surface area (Å²) in [6, 6.07) is 0. The van der Waals surface area contributed by atoms with Crippen molar-refractivity contribution in [3.8, 4) is 23.3 Å². The fraction of sp³-hybridized carbons (Fsp3) is 0.630. The molecule has 31 heavy (non-hydrogen) atoms. The third-order valence-corrected chi connectivity index (χ3v) is 7.17. The van der Waals surface area contributed by atoms with Crippen molar-refractivity contribution in [3.05, 3.63) is 24.3 Å². The molecule has 3 nitrogen and oxygen atoms in total. The minimum atomic E-state index is -1.39. The Hall–Kier alpha value is -2.04. The third-order valence-electron chi connectivity index (χ3n) is 6.27. The van der Waals surface area contributed by atoms with Crippen molar-refractivity contribution < 1.29 is 14.3 Å². The quantitative estimate of drug-likeness (QED) is 0.239. The summed E-state index contributed by atoms with van der Waals surface area (Å²) in [6.45, 7) is 16.8. The predicted molar refractivity (Wildman–Crippen MR) is 130 cm³/mol. The molecule has 2 saturated carbocycles. The maximum atomic E-state index is 12.7. The van der Waals surface area contributed by atoms with E-state index in [2.05, 4.69) is 49.5 Å². The Kier molecular flexibility index (Phi) is 8.18.